The fourth-order valence-electron chi connectivity index (χ4n) is 8.12. The second-order valence-electron chi connectivity index (χ2n) is 15.8. The second kappa shape index (κ2) is 16.8. The molecule has 61 heavy (non-hydrogen) atoms. The topological polar surface area (TPSA) is 210 Å². The highest BCUT2D eigenvalue weighted by atomic mass is 35.5. The fraction of sp³-hybridized carbons (Fsp3) is 0.513. The van der Waals surface area contributed by atoms with E-state index in [4.69, 9.17) is 48.6 Å². The molecule has 2 aromatic heterocycles. The summed E-state index contributed by atoms with van der Waals surface area (Å²) >= 11 is 6.24. The minimum absolute atomic E-state index is 0.0670. The van der Waals surface area contributed by atoms with Gasteiger partial charge in [-0.05, 0) is 84.3 Å². The van der Waals surface area contributed by atoms with Crippen molar-refractivity contribution in [3.63, 3.8) is 0 Å². The fourth-order valence-corrected chi connectivity index (χ4v) is 11.3. The summed E-state index contributed by atoms with van der Waals surface area (Å²) in [7, 11) is -7.56. The van der Waals surface area contributed by atoms with Gasteiger partial charge in [0, 0.05) is 11.3 Å². The van der Waals surface area contributed by atoms with Crippen LogP contribution in [0.5, 0.6) is 17.4 Å². The first-order chi connectivity index (χ1) is 28.8. The number of rotatable bonds is 20. The molecule has 2 saturated carbocycles. The molecule has 2 aromatic carbocycles. The molecule has 3 heterocycles. The first-order valence-corrected chi connectivity index (χ1v) is 23.0. The summed E-state index contributed by atoms with van der Waals surface area (Å²) in [6.07, 6.45) is 0.430. The largest absolute Gasteiger partial charge is 0.479 e. The van der Waals surface area contributed by atoms with Crippen molar-refractivity contribution in [1.29, 1.82) is 0 Å². The number of hydrogen-bond donors (Lipinski definition) is 2. The zero-order chi connectivity index (χ0) is 44.1. The molecule has 7 rings (SSSR count). The van der Waals surface area contributed by atoms with Gasteiger partial charge >= 0.3 is 27.4 Å². The summed E-state index contributed by atoms with van der Waals surface area (Å²) in [4.78, 5) is 38.6. The van der Waals surface area contributed by atoms with Crippen LogP contribution in [-0.2, 0) is 42.0 Å². The number of nitrogens with one attached hydrogen (secondary N) is 2. The van der Waals surface area contributed by atoms with Crippen LogP contribution in [0.1, 0.15) is 54.5 Å². The molecule has 4 aromatic rings. The van der Waals surface area contributed by atoms with Crippen LogP contribution in [0.25, 0.3) is 11.2 Å². The molecule has 3 fully saturated rings. The van der Waals surface area contributed by atoms with Crippen molar-refractivity contribution in [3.8, 4) is 17.4 Å². The van der Waals surface area contributed by atoms with E-state index in [1.807, 2.05) is 0 Å². The summed E-state index contributed by atoms with van der Waals surface area (Å²) in [5.74, 6) is -5.26. The Morgan fingerprint density at radius 1 is 0.869 bits per heavy atom. The minimum atomic E-state index is -4.51. The maximum Gasteiger partial charge on any atom is 0.459 e. The van der Waals surface area contributed by atoms with Gasteiger partial charge in [0.2, 0.25) is 17.0 Å². The van der Waals surface area contributed by atoms with E-state index in [-0.39, 0.29) is 33.8 Å². The number of halogens is 2. The van der Waals surface area contributed by atoms with E-state index in [1.165, 1.54) is 31.9 Å². The highest BCUT2D eigenvalue weighted by molar-refractivity contribution is 7.52. The van der Waals surface area contributed by atoms with E-state index < -0.39 is 99.7 Å². The van der Waals surface area contributed by atoms with Crippen molar-refractivity contribution in [2.24, 2.45) is 17.3 Å². The van der Waals surface area contributed by atoms with Gasteiger partial charge < -0.3 is 32.6 Å². The average Bonchev–Trinajstić information content (AvgIpc) is 3.79. The van der Waals surface area contributed by atoms with Crippen molar-refractivity contribution >= 4 is 50.2 Å². The normalized spacial score (nSPS) is 27.9. The monoisotopic (exact) mass is 908 g/mol. The number of alkyl halides is 1. The molecule has 7 unspecified atom stereocenters. The molecular weight excluding hydrogens is 861 g/mol. The minimum Gasteiger partial charge on any atom is -0.479 e. The number of ether oxygens (including phenoxy) is 4. The molecule has 330 valence electrons. The molecule has 3 aliphatic rings. The molecule has 2 aliphatic carbocycles. The Morgan fingerprint density at radius 2 is 1.39 bits per heavy atom. The van der Waals surface area contributed by atoms with Crippen LogP contribution in [0, 0.1) is 17.3 Å². The Bertz CT molecular complexity index is 2370. The van der Waals surface area contributed by atoms with Crippen LogP contribution in [-0.4, -0.2) is 87.5 Å². The van der Waals surface area contributed by atoms with Gasteiger partial charge in [0.25, 0.3) is 0 Å². The highest BCUT2D eigenvalue weighted by Gasteiger charge is 2.98. The van der Waals surface area contributed by atoms with Crippen LogP contribution in [0.4, 0.5) is 4.39 Å². The third kappa shape index (κ3) is 8.63. The van der Waals surface area contributed by atoms with Crippen molar-refractivity contribution in [3.05, 3.63) is 72.3 Å². The van der Waals surface area contributed by atoms with Gasteiger partial charge in [-0.15, -0.1) is 0 Å². The first-order valence-electron chi connectivity index (χ1n) is 19.6. The quantitative estimate of drug-likeness (QED) is 0.0520. The molecule has 10 atom stereocenters. The van der Waals surface area contributed by atoms with Gasteiger partial charge in [-0.25, -0.2) is 18.5 Å². The predicted molar refractivity (Wildman–Crippen MR) is 218 cm³/mol. The van der Waals surface area contributed by atoms with Gasteiger partial charge in [-0.3, -0.25) is 18.6 Å². The van der Waals surface area contributed by atoms with Crippen LogP contribution in [0.3, 0.4) is 0 Å². The summed E-state index contributed by atoms with van der Waals surface area (Å²) < 4.78 is 94.8. The Kier molecular flexibility index (Phi) is 12.4. The van der Waals surface area contributed by atoms with Gasteiger partial charge in [0.05, 0.1) is 50.4 Å². The molecule has 22 heteroatoms. The maximum atomic E-state index is 17.4. The van der Waals surface area contributed by atoms with Crippen molar-refractivity contribution in [1.82, 2.24) is 29.7 Å². The van der Waals surface area contributed by atoms with E-state index in [1.54, 1.807) is 95.3 Å². The molecule has 0 bridgehead atoms. The van der Waals surface area contributed by atoms with E-state index in [9.17, 15) is 18.7 Å². The van der Waals surface area contributed by atoms with Crippen molar-refractivity contribution < 1.29 is 60.2 Å². The number of imidazole rings is 1. The van der Waals surface area contributed by atoms with E-state index >= 15 is 4.39 Å². The molecule has 1 aliphatic heterocycles. The second-order valence-corrected chi connectivity index (χ2v) is 19.5. The number of esters is 2. The summed E-state index contributed by atoms with van der Waals surface area (Å²) in [6.45, 7) is 10.3. The molecule has 1 saturated heterocycles. The number of methoxy groups -OCH3 is 1. The molecule has 2 N–H and O–H groups in total. The Labute approximate surface area is 356 Å². The van der Waals surface area contributed by atoms with Crippen LogP contribution >= 0.6 is 27.1 Å². The number of carbonyl (C=O) groups excluding carboxylic acids is 2. The average molecular weight is 909 g/mol. The lowest BCUT2D eigenvalue weighted by molar-refractivity contribution is -0.150. The Balaban J connectivity index is 1.24. The number of aromatic nitrogens is 4. The SMILES string of the molecule is COc1nc(Cl)nc2c1ncn2[C@H]1C2C1(F)OC1(C)C(COP(=O)(N[C@@H](C)C(=O)OC(C)C)Oc3ccccc3)C21COP(=O)(N[C@@H](C)C(=O)OC(C)C)Oc1ccccc1. The zero-order valence-corrected chi connectivity index (χ0v) is 37.2. The van der Waals surface area contributed by atoms with Gasteiger partial charge in [-0.2, -0.15) is 20.1 Å². The molecule has 18 nitrogen and oxygen atoms in total. The van der Waals surface area contributed by atoms with Gasteiger partial charge in [-0.1, -0.05) is 36.4 Å². The van der Waals surface area contributed by atoms with Crippen LogP contribution in [0.15, 0.2) is 67.0 Å². The number of benzene rings is 2. The Hall–Kier alpha value is -4.19. The lowest BCUT2D eigenvalue weighted by Gasteiger charge is -2.26. The maximum absolute atomic E-state index is 17.4. The van der Waals surface area contributed by atoms with Crippen LogP contribution in [0.2, 0.25) is 5.28 Å². The molecule has 0 spiro atoms. The zero-order valence-electron chi connectivity index (χ0n) is 34.6. The van der Waals surface area contributed by atoms with E-state index in [0.717, 1.165) is 0 Å². The van der Waals surface area contributed by atoms with E-state index in [2.05, 4.69) is 25.1 Å². The standard InChI is InChI=1S/C39H48ClFN6O12P2/c1-22(2)55-34(48)24(5)45-60(50,57-26-15-11-9-12-16-26)53-19-28-37(7)38(28,20-54-61(51,58-27-17-13-10-14-18-27)46-25(6)35(49)56-23(3)4)30-31(39(30,41)59-37)47-21-42-29-32(47)43-36(40)44-33(29)52-8/h9-18,21-25,28,30-31H,19-20H2,1-8H3,(H,45,50)(H,46,51)/t24-,25-,28?,30?,31-,37?,38?,39?,60?,61?/m0/s1. The van der Waals surface area contributed by atoms with Gasteiger partial charge in [0.15, 0.2) is 11.2 Å². The smallest absolute Gasteiger partial charge is 0.459 e. The summed E-state index contributed by atoms with van der Waals surface area (Å²) in [5, 5.41) is 5.17. The number of carbonyl (C=O) groups is 2. The number of para-hydroxylation sites is 2. The van der Waals surface area contributed by atoms with Crippen LogP contribution < -0.4 is 24.0 Å². The third-order valence-electron chi connectivity index (χ3n) is 10.9. The molecular formula is C39H48ClFN6O12P2. The lowest BCUT2D eigenvalue weighted by Crippen LogP contribution is -2.37. The predicted octanol–water partition coefficient (Wildman–Crippen LogP) is 7.00. The Morgan fingerprint density at radius 3 is 1.90 bits per heavy atom. The number of nitrogens with zero attached hydrogens (tertiary/aromatic N) is 4. The summed E-state index contributed by atoms with van der Waals surface area (Å²) in [5.41, 5.74) is -2.41. The third-order valence-corrected chi connectivity index (χ3v) is 14.3. The van der Waals surface area contributed by atoms with E-state index in [0.29, 0.717) is 0 Å². The number of hydrogen-bond acceptors (Lipinski definition) is 15. The summed E-state index contributed by atoms with van der Waals surface area (Å²) in [6, 6.07) is 12.9. The van der Waals surface area contributed by atoms with Crippen molar-refractivity contribution in [2.45, 2.75) is 90.3 Å². The molecule has 0 radical (unpaired) electrons. The van der Waals surface area contributed by atoms with Gasteiger partial charge in [0.1, 0.15) is 29.6 Å². The highest BCUT2D eigenvalue weighted by Crippen LogP contribution is 2.88. The lowest BCUT2D eigenvalue weighted by atomic mass is 9.95. The first kappa shape index (κ1) is 44.9. The number of fused-ring (bicyclic) bond motifs is 4. The molecule has 0 amide bonds. The van der Waals surface area contributed by atoms with Crippen molar-refractivity contribution in [2.75, 3.05) is 20.3 Å².